The number of hydrogen-bond donors (Lipinski definition) is 1. The predicted molar refractivity (Wildman–Crippen MR) is 71.9 cm³/mol. The molecule has 0 unspecified atom stereocenters. The first-order valence-electron chi connectivity index (χ1n) is 6.45. The van der Waals surface area contributed by atoms with E-state index in [1.165, 1.54) is 5.57 Å². The highest BCUT2D eigenvalue weighted by molar-refractivity contribution is 5.79. The number of carbonyl (C=O) groups is 1. The quantitative estimate of drug-likeness (QED) is 0.761. The molecule has 0 spiro atoms. The van der Waals surface area contributed by atoms with Crippen molar-refractivity contribution in [3.63, 3.8) is 0 Å². The van der Waals surface area contributed by atoms with Gasteiger partial charge in [0, 0.05) is 32.1 Å². The van der Waals surface area contributed by atoms with Crippen LogP contribution in [0.5, 0.6) is 0 Å². The van der Waals surface area contributed by atoms with Crippen molar-refractivity contribution in [2.45, 2.75) is 47.1 Å². The summed E-state index contributed by atoms with van der Waals surface area (Å²) in [5.41, 5.74) is 1.51. The Labute approximate surface area is 105 Å². The van der Waals surface area contributed by atoms with Crippen LogP contribution in [0.3, 0.4) is 0 Å². The second-order valence-electron chi connectivity index (χ2n) is 6.25. The number of amides is 1. The molecule has 3 nitrogen and oxygen atoms in total. The van der Waals surface area contributed by atoms with Gasteiger partial charge in [-0.1, -0.05) is 32.4 Å². The van der Waals surface area contributed by atoms with Crippen molar-refractivity contribution in [3.8, 4) is 0 Å². The van der Waals surface area contributed by atoms with Crippen LogP contribution in [0.25, 0.3) is 0 Å². The van der Waals surface area contributed by atoms with Gasteiger partial charge in [-0.3, -0.25) is 4.79 Å². The first kappa shape index (κ1) is 14.2. The molecule has 1 atom stereocenters. The Hall–Kier alpha value is -0.830. The lowest BCUT2D eigenvalue weighted by atomic mass is 9.96. The van der Waals surface area contributed by atoms with E-state index in [0.717, 1.165) is 19.6 Å². The van der Waals surface area contributed by atoms with Crippen molar-refractivity contribution >= 4 is 5.91 Å². The number of nitrogens with zero attached hydrogens (tertiary/aromatic N) is 1. The highest BCUT2D eigenvalue weighted by atomic mass is 16.2. The molecular formula is C14H26N2O. The van der Waals surface area contributed by atoms with Crippen molar-refractivity contribution in [3.05, 3.63) is 11.6 Å². The second-order valence-corrected chi connectivity index (χ2v) is 6.25. The molecule has 1 N–H and O–H groups in total. The minimum Gasteiger partial charge on any atom is -0.341 e. The summed E-state index contributed by atoms with van der Waals surface area (Å²) >= 11 is 0. The van der Waals surface area contributed by atoms with Crippen molar-refractivity contribution in [2.24, 2.45) is 5.41 Å². The van der Waals surface area contributed by atoms with E-state index < -0.39 is 0 Å². The fourth-order valence-corrected chi connectivity index (χ4v) is 2.04. The summed E-state index contributed by atoms with van der Waals surface area (Å²) in [4.78, 5) is 13.8. The van der Waals surface area contributed by atoms with E-state index in [4.69, 9.17) is 0 Å². The van der Waals surface area contributed by atoms with Crippen molar-refractivity contribution < 1.29 is 4.79 Å². The van der Waals surface area contributed by atoms with Gasteiger partial charge in [0.2, 0.25) is 5.91 Å². The molecule has 0 radical (unpaired) electrons. The monoisotopic (exact) mass is 238 g/mol. The zero-order chi connectivity index (χ0) is 13.1. The van der Waals surface area contributed by atoms with Crippen LogP contribution in [-0.2, 0) is 4.79 Å². The van der Waals surface area contributed by atoms with E-state index >= 15 is 0 Å². The minimum absolute atomic E-state index is 0.184. The molecule has 0 saturated carbocycles. The summed E-state index contributed by atoms with van der Waals surface area (Å²) in [6.07, 6.45) is 2.75. The third kappa shape index (κ3) is 4.90. The molecule has 1 heterocycles. The van der Waals surface area contributed by atoms with Crippen molar-refractivity contribution in [2.75, 3.05) is 19.6 Å². The van der Waals surface area contributed by atoms with Crippen LogP contribution >= 0.6 is 0 Å². The van der Waals surface area contributed by atoms with E-state index in [9.17, 15) is 4.79 Å². The van der Waals surface area contributed by atoms with E-state index in [-0.39, 0.29) is 11.3 Å². The summed E-state index contributed by atoms with van der Waals surface area (Å²) in [6, 6.07) is 0.319. The van der Waals surface area contributed by atoms with Crippen LogP contribution < -0.4 is 5.32 Å². The molecule has 0 aromatic heterocycles. The van der Waals surface area contributed by atoms with E-state index in [2.05, 4.69) is 39.1 Å². The average Bonchev–Trinajstić information content (AvgIpc) is 2.53. The molecular weight excluding hydrogens is 212 g/mol. The van der Waals surface area contributed by atoms with Crippen molar-refractivity contribution in [1.82, 2.24) is 10.2 Å². The maximum absolute atomic E-state index is 11.8. The number of hydrogen-bond acceptors (Lipinski definition) is 2. The molecule has 98 valence electrons. The Morgan fingerprint density at radius 3 is 2.71 bits per heavy atom. The van der Waals surface area contributed by atoms with E-state index in [0.29, 0.717) is 12.5 Å². The van der Waals surface area contributed by atoms with Gasteiger partial charge in [-0.25, -0.2) is 0 Å². The second kappa shape index (κ2) is 5.67. The molecule has 1 saturated heterocycles. The third-order valence-electron chi connectivity index (χ3n) is 3.04. The first-order valence-corrected chi connectivity index (χ1v) is 6.45. The van der Waals surface area contributed by atoms with Gasteiger partial charge in [0.05, 0.1) is 0 Å². The molecule has 1 aliphatic rings. The van der Waals surface area contributed by atoms with Gasteiger partial charge in [-0.05, 0) is 19.3 Å². The van der Waals surface area contributed by atoms with Crippen LogP contribution in [0.4, 0.5) is 0 Å². The van der Waals surface area contributed by atoms with Crippen LogP contribution in [0.2, 0.25) is 0 Å². The van der Waals surface area contributed by atoms with Crippen LogP contribution in [0.1, 0.15) is 41.0 Å². The van der Waals surface area contributed by atoms with Gasteiger partial charge >= 0.3 is 0 Å². The Morgan fingerprint density at radius 1 is 1.53 bits per heavy atom. The van der Waals surface area contributed by atoms with Gasteiger partial charge in [-0.2, -0.15) is 0 Å². The number of likely N-dealkylation sites (tertiary alicyclic amines) is 1. The lowest BCUT2D eigenvalue weighted by molar-refractivity contribution is -0.128. The number of allylic oxidation sites excluding steroid dienone is 1. The fourth-order valence-electron chi connectivity index (χ4n) is 2.04. The third-order valence-corrected chi connectivity index (χ3v) is 3.04. The molecule has 0 aromatic rings. The van der Waals surface area contributed by atoms with E-state index in [1.807, 2.05) is 11.8 Å². The largest absolute Gasteiger partial charge is 0.341 e. The zero-order valence-electron chi connectivity index (χ0n) is 11.8. The SMILES string of the molecule is C/C=C(\C)CN[C@@H]1CC(=O)N(CC(C)(C)C)C1. The van der Waals surface area contributed by atoms with Crippen LogP contribution in [0.15, 0.2) is 11.6 Å². The predicted octanol–water partition coefficient (Wildman–Crippen LogP) is 2.19. The maximum atomic E-state index is 11.8. The number of nitrogens with one attached hydrogen (secondary N) is 1. The summed E-state index contributed by atoms with van der Waals surface area (Å²) in [7, 11) is 0. The lowest BCUT2D eigenvalue weighted by Gasteiger charge is -2.26. The number of carbonyl (C=O) groups excluding carboxylic acids is 1. The normalized spacial score (nSPS) is 22.4. The Morgan fingerprint density at radius 2 is 2.18 bits per heavy atom. The summed E-state index contributed by atoms with van der Waals surface area (Å²) in [6.45, 7) is 13.3. The zero-order valence-corrected chi connectivity index (χ0v) is 11.8. The molecule has 1 aliphatic heterocycles. The Kier molecular flexibility index (Phi) is 4.75. The average molecular weight is 238 g/mol. The lowest BCUT2D eigenvalue weighted by Crippen LogP contribution is -2.37. The van der Waals surface area contributed by atoms with Crippen molar-refractivity contribution in [1.29, 1.82) is 0 Å². The van der Waals surface area contributed by atoms with Gasteiger partial charge in [0.15, 0.2) is 0 Å². The molecule has 0 aromatic carbocycles. The maximum Gasteiger partial charge on any atom is 0.224 e. The van der Waals surface area contributed by atoms with E-state index in [1.54, 1.807) is 0 Å². The molecule has 1 fully saturated rings. The topological polar surface area (TPSA) is 32.3 Å². The first-order chi connectivity index (χ1) is 7.81. The van der Waals surface area contributed by atoms with Gasteiger partial charge in [-0.15, -0.1) is 0 Å². The molecule has 0 aliphatic carbocycles. The summed E-state index contributed by atoms with van der Waals surface area (Å²) in [5.74, 6) is 0.288. The van der Waals surface area contributed by atoms with Crippen LogP contribution in [-0.4, -0.2) is 36.5 Å². The highest BCUT2D eigenvalue weighted by Crippen LogP contribution is 2.20. The fraction of sp³-hybridized carbons (Fsp3) is 0.786. The summed E-state index contributed by atoms with van der Waals surface area (Å²) < 4.78 is 0. The Bertz CT molecular complexity index is 302. The van der Waals surface area contributed by atoms with Gasteiger partial charge in [0.1, 0.15) is 0 Å². The molecule has 0 bridgehead atoms. The standard InChI is InChI=1S/C14H26N2O/c1-6-11(2)8-15-12-7-13(17)16(9-12)10-14(3,4)5/h6,12,15H,7-10H2,1-5H3/b11-6+/t12-/m1/s1. The molecule has 1 rings (SSSR count). The highest BCUT2D eigenvalue weighted by Gasteiger charge is 2.31. The summed E-state index contributed by atoms with van der Waals surface area (Å²) in [5, 5.41) is 3.45. The molecule has 3 heteroatoms. The Balaban J connectivity index is 2.41. The number of rotatable bonds is 4. The smallest absolute Gasteiger partial charge is 0.224 e. The minimum atomic E-state index is 0.184. The van der Waals surface area contributed by atoms with Gasteiger partial charge in [0.25, 0.3) is 0 Å². The molecule has 1 amide bonds. The molecule has 17 heavy (non-hydrogen) atoms. The van der Waals surface area contributed by atoms with Crippen LogP contribution in [0, 0.1) is 5.41 Å². The van der Waals surface area contributed by atoms with Gasteiger partial charge < -0.3 is 10.2 Å².